The largest absolute Gasteiger partial charge is 0.484 e. The molecule has 144 valence electrons. The number of rotatable bonds is 8. The topological polar surface area (TPSA) is 50.4 Å². The Morgan fingerprint density at radius 3 is 2.46 bits per heavy atom. The summed E-state index contributed by atoms with van der Waals surface area (Å²) in [5.41, 5.74) is 4.29. The summed E-state index contributed by atoms with van der Waals surface area (Å²) in [4.78, 5) is 12.1. The molecule has 0 aliphatic carbocycles. The summed E-state index contributed by atoms with van der Waals surface area (Å²) in [6, 6.07) is 26.1. The maximum Gasteiger partial charge on any atom is 0.262 e. The molecule has 0 radical (unpaired) electrons. The van der Waals surface area contributed by atoms with E-state index < -0.39 is 0 Å². The number of nitrogens with one attached hydrogen (secondary N) is 2. The highest BCUT2D eigenvalue weighted by molar-refractivity contribution is 5.91. The van der Waals surface area contributed by atoms with Gasteiger partial charge in [-0.3, -0.25) is 4.79 Å². The zero-order valence-corrected chi connectivity index (χ0v) is 16.3. The quantitative estimate of drug-likeness (QED) is 0.592. The third kappa shape index (κ3) is 5.96. The van der Waals surface area contributed by atoms with Crippen molar-refractivity contribution in [2.75, 3.05) is 11.9 Å². The Hall–Kier alpha value is -3.11. The minimum absolute atomic E-state index is 0.0226. The summed E-state index contributed by atoms with van der Waals surface area (Å²) >= 11 is 0. The van der Waals surface area contributed by atoms with Crippen molar-refractivity contribution >= 4 is 11.6 Å². The summed E-state index contributed by atoms with van der Waals surface area (Å²) in [6.07, 6.45) is 0. The van der Waals surface area contributed by atoms with Gasteiger partial charge in [0.25, 0.3) is 5.91 Å². The Bertz CT molecular complexity index is 892. The van der Waals surface area contributed by atoms with Crippen molar-refractivity contribution in [1.82, 2.24) is 5.32 Å². The first kappa shape index (κ1) is 19.6. The third-order valence-corrected chi connectivity index (χ3v) is 4.52. The van der Waals surface area contributed by atoms with Crippen LogP contribution in [0.3, 0.4) is 0 Å². The van der Waals surface area contributed by atoms with Gasteiger partial charge in [0.1, 0.15) is 5.75 Å². The first-order valence-corrected chi connectivity index (χ1v) is 9.47. The van der Waals surface area contributed by atoms with E-state index in [4.69, 9.17) is 4.74 Å². The predicted molar refractivity (Wildman–Crippen MR) is 113 cm³/mol. The molecular formula is C24H26N2O2. The minimum atomic E-state index is -0.176. The van der Waals surface area contributed by atoms with Crippen molar-refractivity contribution in [1.29, 1.82) is 0 Å². The Morgan fingerprint density at radius 2 is 1.71 bits per heavy atom. The van der Waals surface area contributed by atoms with Gasteiger partial charge in [-0.15, -0.1) is 0 Å². The second-order valence-corrected chi connectivity index (χ2v) is 6.86. The zero-order valence-electron chi connectivity index (χ0n) is 16.3. The van der Waals surface area contributed by atoms with Crippen LogP contribution >= 0.6 is 0 Å². The van der Waals surface area contributed by atoms with Crippen LogP contribution in [0.4, 0.5) is 5.69 Å². The monoisotopic (exact) mass is 374 g/mol. The van der Waals surface area contributed by atoms with Crippen LogP contribution in [0.15, 0.2) is 78.9 Å². The van der Waals surface area contributed by atoms with E-state index in [-0.39, 0.29) is 18.6 Å². The number of amides is 1. The van der Waals surface area contributed by atoms with E-state index in [0.717, 1.165) is 23.4 Å². The number of hydrogen-bond donors (Lipinski definition) is 2. The van der Waals surface area contributed by atoms with Crippen LogP contribution in [0.25, 0.3) is 0 Å². The molecule has 28 heavy (non-hydrogen) atoms. The van der Waals surface area contributed by atoms with E-state index in [0.29, 0.717) is 5.75 Å². The molecule has 0 aliphatic rings. The maximum absolute atomic E-state index is 12.1. The number of carbonyl (C=O) groups excluding carboxylic acids is 1. The van der Waals surface area contributed by atoms with Gasteiger partial charge in [-0.25, -0.2) is 0 Å². The Morgan fingerprint density at radius 1 is 0.964 bits per heavy atom. The zero-order chi connectivity index (χ0) is 19.8. The van der Waals surface area contributed by atoms with E-state index in [2.05, 4.69) is 29.7 Å². The lowest BCUT2D eigenvalue weighted by atomic mass is 10.1. The molecule has 0 aliphatic heterocycles. The number of hydrogen-bond acceptors (Lipinski definition) is 3. The van der Waals surface area contributed by atoms with Gasteiger partial charge in [0.2, 0.25) is 0 Å². The van der Waals surface area contributed by atoms with Crippen LogP contribution in [0.5, 0.6) is 5.75 Å². The highest BCUT2D eigenvalue weighted by Crippen LogP contribution is 2.16. The van der Waals surface area contributed by atoms with Gasteiger partial charge in [0, 0.05) is 18.3 Å². The lowest BCUT2D eigenvalue weighted by Crippen LogP contribution is -2.20. The molecular weight excluding hydrogens is 348 g/mol. The van der Waals surface area contributed by atoms with E-state index >= 15 is 0 Å². The fourth-order valence-electron chi connectivity index (χ4n) is 2.86. The molecule has 0 aromatic heterocycles. The molecule has 0 fully saturated rings. The molecule has 0 saturated carbocycles. The van der Waals surface area contributed by atoms with E-state index in [9.17, 15) is 4.79 Å². The van der Waals surface area contributed by atoms with E-state index in [1.54, 1.807) is 0 Å². The van der Waals surface area contributed by atoms with E-state index in [1.807, 2.05) is 73.7 Å². The van der Waals surface area contributed by atoms with Gasteiger partial charge in [0.05, 0.1) is 0 Å². The smallest absolute Gasteiger partial charge is 0.262 e. The van der Waals surface area contributed by atoms with Crippen LogP contribution in [0.2, 0.25) is 0 Å². The summed E-state index contributed by atoms with van der Waals surface area (Å²) in [5.74, 6) is 0.510. The van der Waals surface area contributed by atoms with Crippen LogP contribution in [0.1, 0.15) is 29.7 Å². The fourth-order valence-corrected chi connectivity index (χ4v) is 2.86. The van der Waals surface area contributed by atoms with Crippen molar-refractivity contribution in [2.45, 2.75) is 26.4 Å². The lowest BCUT2D eigenvalue weighted by Gasteiger charge is -2.15. The number of aryl methyl sites for hydroxylation is 1. The van der Waals surface area contributed by atoms with Gasteiger partial charge < -0.3 is 15.4 Å². The molecule has 3 rings (SSSR count). The molecule has 3 aromatic carbocycles. The summed E-state index contributed by atoms with van der Waals surface area (Å²) < 4.78 is 5.66. The van der Waals surface area contributed by atoms with E-state index in [1.165, 1.54) is 5.56 Å². The average molecular weight is 374 g/mol. The number of anilines is 1. The predicted octanol–water partition coefficient (Wildman–Crippen LogP) is 4.86. The Kier molecular flexibility index (Phi) is 6.82. The number of ether oxygens (including phenoxy) is 1. The van der Waals surface area contributed by atoms with Crippen molar-refractivity contribution in [2.24, 2.45) is 0 Å². The third-order valence-electron chi connectivity index (χ3n) is 4.52. The Balaban J connectivity index is 1.49. The molecule has 0 unspecified atom stereocenters. The van der Waals surface area contributed by atoms with Crippen LogP contribution in [0, 0.1) is 6.92 Å². The second-order valence-electron chi connectivity index (χ2n) is 6.86. The maximum atomic E-state index is 12.1. The molecule has 1 amide bonds. The van der Waals surface area contributed by atoms with Gasteiger partial charge in [-0.2, -0.15) is 0 Å². The summed E-state index contributed by atoms with van der Waals surface area (Å²) in [7, 11) is 0. The summed E-state index contributed by atoms with van der Waals surface area (Å²) in [6.45, 7) is 4.86. The molecule has 0 heterocycles. The molecule has 0 spiro atoms. The van der Waals surface area contributed by atoms with Gasteiger partial charge >= 0.3 is 0 Å². The normalized spacial score (nSPS) is 11.6. The first-order valence-electron chi connectivity index (χ1n) is 9.47. The van der Waals surface area contributed by atoms with Crippen molar-refractivity contribution in [3.8, 4) is 5.75 Å². The van der Waals surface area contributed by atoms with Gasteiger partial charge in [-0.05, 0) is 49.2 Å². The second kappa shape index (κ2) is 9.72. The lowest BCUT2D eigenvalue weighted by molar-refractivity contribution is -0.118. The summed E-state index contributed by atoms with van der Waals surface area (Å²) in [5, 5.41) is 6.35. The number of carbonyl (C=O) groups is 1. The SMILES string of the molecule is Cc1ccc(NC(=O)COc2cccc(CN[C@H](C)c3ccccc3)c2)cc1. The molecule has 2 N–H and O–H groups in total. The first-order chi connectivity index (χ1) is 13.6. The van der Waals surface area contributed by atoms with Crippen LogP contribution < -0.4 is 15.4 Å². The fraction of sp³-hybridized carbons (Fsp3) is 0.208. The van der Waals surface area contributed by atoms with Crippen molar-refractivity contribution in [3.05, 3.63) is 95.6 Å². The molecule has 1 atom stereocenters. The standard InChI is InChI=1S/C24H26N2O2/c1-18-11-13-22(14-12-18)26-24(27)17-28-23-10-6-7-20(15-23)16-25-19(2)21-8-4-3-5-9-21/h3-15,19,25H,16-17H2,1-2H3,(H,26,27)/t19-/m1/s1. The molecule has 4 nitrogen and oxygen atoms in total. The van der Waals surface area contributed by atoms with Crippen LogP contribution in [-0.4, -0.2) is 12.5 Å². The molecule has 3 aromatic rings. The molecule has 0 bridgehead atoms. The van der Waals surface area contributed by atoms with Crippen LogP contribution in [-0.2, 0) is 11.3 Å². The van der Waals surface area contributed by atoms with Gasteiger partial charge in [-0.1, -0.05) is 60.2 Å². The highest BCUT2D eigenvalue weighted by Gasteiger charge is 2.06. The molecule has 0 saturated heterocycles. The Labute approximate surface area is 166 Å². The minimum Gasteiger partial charge on any atom is -0.484 e. The van der Waals surface area contributed by atoms with Crippen molar-refractivity contribution in [3.63, 3.8) is 0 Å². The van der Waals surface area contributed by atoms with Crippen molar-refractivity contribution < 1.29 is 9.53 Å². The average Bonchev–Trinajstić information content (AvgIpc) is 2.73. The number of benzene rings is 3. The molecule has 4 heteroatoms. The highest BCUT2D eigenvalue weighted by atomic mass is 16.5. The van der Waals surface area contributed by atoms with Gasteiger partial charge in [0.15, 0.2) is 6.61 Å².